The molecule has 0 aromatic carbocycles. The first-order valence-electron chi connectivity index (χ1n) is 8.33. The van der Waals surface area contributed by atoms with Gasteiger partial charge in [0.1, 0.15) is 0 Å². The third-order valence-corrected chi connectivity index (χ3v) is 6.42. The standard InChI is InChI=1S/C15H30N4O2S.HI/c1-12(2)14(19-7-4-5-8-19)10-17-15(16-3)18-13-6-9-22(20,21)11-13;/h12-14H,4-11H2,1-3H3,(H2,16,17,18);1H. The summed E-state index contributed by atoms with van der Waals surface area (Å²) in [6.45, 7) is 7.71. The van der Waals surface area contributed by atoms with Gasteiger partial charge in [0.05, 0.1) is 11.5 Å². The highest BCUT2D eigenvalue weighted by Crippen LogP contribution is 2.17. The molecule has 0 saturated carbocycles. The molecule has 0 aromatic heterocycles. The second-order valence-corrected chi connectivity index (χ2v) is 8.98. The number of guanidine groups is 1. The van der Waals surface area contributed by atoms with E-state index in [2.05, 4.69) is 34.4 Å². The molecule has 2 aliphatic rings. The van der Waals surface area contributed by atoms with Crippen molar-refractivity contribution in [2.45, 2.75) is 45.2 Å². The van der Waals surface area contributed by atoms with E-state index in [-0.39, 0.29) is 41.5 Å². The molecule has 2 heterocycles. The molecular weight excluding hydrogens is 427 g/mol. The van der Waals surface area contributed by atoms with Gasteiger partial charge in [-0.25, -0.2) is 8.42 Å². The normalized spacial score (nSPS) is 26.1. The number of halogens is 1. The number of aliphatic imine (C=N–C) groups is 1. The van der Waals surface area contributed by atoms with E-state index in [0.29, 0.717) is 24.3 Å². The predicted octanol–water partition coefficient (Wildman–Crippen LogP) is 1.08. The van der Waals surface area contributed by atoms with Crippen molar-refractivity contribution in [3.63, 3.8) is 0 Å². The van der Waals surface area contributed by atoms with Gasteiger partial charge in [0.15, 0.2) is 15.8 Å². The molecule has 0 bridgehead atoms. The van der Waals surface area contributed by atoms with Crippen molar-refractivity contribution >= 4 is 39.8 Å². The lowest BCUT2D eigenvalue weighted by molar-refractivity contribution is 0.192. The highest BCUT2D eigenvalue weighted by atomic mass is 127. The Hall–Kier alpha value is -0.0900. The van der Waals surface area contributed by atoms with E-state index in [1.165, 1.54) is 25.9 Å². The molecule has 2 saturated heterocycles. The molecule has 6 nitrogen and oxygen atoms in total. The first-order chi connectivity index (χ1) is 10.4. The van der Waals surface area contributed by atoms with E-state index >= 15 is 0 Å². The van der Waals surface area contributed by atoms with Crippen molar-refractivity contribution in [1.82, 2.24) is 15.5 Å². The largest absolute Gasteiger partial charge is 0.355 e. The van der Waals surface area contributed by atoms with Crippen LogP contribution in [0, 0.1) is 5.92 Å². The number of nitrogens with one attached hydrogen (secondary N) is 2. The molecular formula is C15H31IN4O2S. The second kappa shape index (κ2) is 9.41. The third kappa shape index (κ3) is 6.38. The number of sulfone groups is 1. The smallest absolute Gasteiger partial charge is 0.191 e. The van der Waals surface area contributed by atoms with Crippen molar-refractivity contribution in [3.8, 4) is 0 Å². The molecule has 8 heteroatoms. The van der Waals surface area contributed by atoms with E-state index in [1.807, 2.05) is 0 Å². The maximum atomic E-state index is 11.5. The zero-order valence-electron chi connectivity index (χ0n) is 14.4. The van der Waals surface area contributed by atoms with E-state index < -0.39 is 9.84 Å². The molecule has 136 valence electrons. The van der Waals surface area contributed by atoms with Crippen LogP contribution in [0.1, 0.15) is 33.1 Å². The Morgan fingerprint density at radius 1 is 1.30 bits per heavy atom. The second-order valence-electron chi connectivity index (χ2n) is 6.75. The van der Waals surface area contributed by atoms with Gasteiger partial charge in [0.2, 0.25) is 0 Å². The molecule has 0 amide bonds. The lowest BCUT2D eigenvalue weighted by Crippen LogP contribution is -2.50. The Morgan fingerprint density at radius 3 is 2.43 bits per heavy atom. The van der Waals surface area contributed by atoms with Crippen LogP contribution < -0.4 is 10.6 Å². The van der Waals surface area contributed by atoms with Crippen LogP contribution in [0.4, 0.5) is 0 Å². The summed E-state index contributed by atoms with van der Waals surface area (Å²) in [5.41, 5.74) is 0. The minimum absolute atomic E-state index is 0. The summed E-state index contributed by atoms with van der Waals surface area (Å²) in [6.07, 6.45) is 3.25. The number of rotatable bonds is 5. The molecule has 2 aliphatic heterocycles. The maximum Gasteiger partial charge on any atom is 0.191 e. The highest BCUT2D eigenvalue weighted by Gasteiger charge is 2.29. The van der Waals surface area contributed by atoms with Gasteiger partial charge < -0.3 is 10.6 Å². The number of nitrogens with zero attached hydrogens (tertiary/aromatic N) is 2. The Balaban J connectivity index is 0.00000264. The summed E-state index contributed by atoms with van der Waals surface area (Å²) in [5.74, 6) is 1.79. The Morgan fingerprint density at radius 2 is 1.96 bits per heavy atom. The summed E-state index contributed by atoms with van der Waals surface area (Å²) in [5, 5.41) is 6.63. The van der Waals surface area contributed by atoms with Gasteiger partial charge in [0, 0.05) is 25.7 Å². The van der Waals surface area contributed by atoms with Crippen LogP contribution in [0.25, 0.3) is 0 Å². The van der Waals surface area contributed by atoms with Crippen LogP contribution in [0.15, 0.2) is 4.99 Å². The van der Waals surface area contributed by atoms with Gasteiger partial charge in [-0.1, -0.05) is 13.8 Å². The molecule has 0 spiro atoms. The van der Waals surface area contributed by atoms with Crippen LogP contribution in [0.2, 0.25) is 0 Å². The molecule has 2 atom stereocenters. The minimum Gasteiger partial charge on any atom is -0.355 e. The quantitative estimate of drug-likeness (QED) is 0.367. The molecule has 2 unspecified atom stereocenters. The zero-order valence-corrected chi connectivity index (χ0v) is 17.6. The van der Waals surface area contributed by atoms with E-state index in [4.69, 9.17) is 0 Å². The fourth-order valence-corrected chi connectivity index (χ4v) is 5.03. The van der Waals surface area contributed by atoms with E-state index in [9.17, 15) is 8.42 Å². The molecule has 0 radical (unpaired) electrons. The Kier molecular flexibility index (Phi) is 8.57. The summed E-state index contributed by atoms with van der Waals surface area (Å²) < 4.78 is 23.1. The van der Waals surface area contributed by atoms with Crippen LogP contribution in [0.3, 0.4) is 0 Å². The topological polar surface area (TPSA) is 73.8 Å². The van der Waals surface area contributed by atoms with E-state index in [1.54, 1.807) is 7.05 Å². The summed E-state index contributed by atoms with van der Waals surface area (Å²) in [7, 11) is -1.13. The average molecular weight is 458 g/mol. The predicted molar refractivity (Wildman–Crippen MR) is 106 cm³/mol. The van der Waals surface area contributed by atoms with Crippen molar-refractivity contribution < 1.29 is 8.42 Å². The van der Waals surface area contributed by atoms with Crippen molar-refractivity contribution in [1.29, 1.82) is 0 Å². The number of hydrogen-bond acceptors (Lipinski definition) is 4. The fourth-order valence-electron chi connectivity index (χ4n) is 3.36. The van der Waals surface area contributed by atoms with Crippen LogP contribution in [-0.4, -0.2) is 69.5 Å². The van der Waals surface area contributed by atoms with Gasteiger partial charge in [0.25, 0.3) is 0 Å². The Bertz CT molecular complexity index is 490. The van der Waals surface area contributed by atoms with Gasteiger partial charge in [-0.2, -0.15) is 0 Å². The summed E-state index contributed by atoms with van der Waals surface area (Å²) >= 11 is 0. The number of likely N-dealkylation sites (tertiary alicyclic amines) is 1. The van der Waals surface area contributed by atoms with Crippen LogP contribution in [0.5, 0.6) is 0 Å². The number of hydrogen-bond donors (Lipinski definition) is 2. The molecule has 0 aromatic rings. The monoisotopic (exact) mass is 458 g/mol. The van der Waals surface area contributed by atoms with Crippen molar-refractivity contribution in [2.75, 3.05) is 38.2 Å². The van der Waals surface area contributed by atoms with Gasteiger partial charge in [-0.15, -0.1) is 24.0 Å². The lowest BCUT2D eigenvalue weighted by atomic mass is 10.0. The minimum atomic E-state index is -2.86. The first kappa shape index (κ1) is 21.0. The first-order valence-corrected chi connectivity index (χ1v) is 10.1. The summed E-state index contributed by atoms with van der Waals surface area (Å²) in [4.78, 5) is 6.78. The molecule has 2 N–H and O–H groups in total. The average Bonchev–Trinajstić information content (AvgIpc) is 3.07. The fraction of sp³-hybridized carbons (Fsp3) is 0.933. The third-order valence-electron chi connectivity index (χ3n) is 4.65. The van der Waals surface area contributed by atoms with Gasteiger partial charge in [-0.3, -0.25) is 9.89 Å². The van der Waals surface area contributed by atoms with Crippen molar-refractivity contribution in [3.05, 3.63) is 0 Å². The highest BCUT2D eigenvalue weighted by molar-refractivity contribution is 14.0. The van der Waals surface area contributed by atoms with Crippen molar-refractivity contribution in [2.24, 2.45) is 10.9 Å². The zero-order chi connectivity index (χ0) is 16.2. The van der Waals surface area contributed by atoms with Gasteiger partial charge >= 0.3 is 0 Å². The van der Waals surface area contributed by atoms with Crippen LogP contribution in [-0.2, 0) is 9.84 Å². The lowest BCUT2D eigenvalue weighted by Gasteiger charge is -2.31. The SMILES string of the molecule is CN=C(NCC(C(C)C)N1CCCC1)NC1CCS(=O)(=O)C1.I. The van der Waals surface area contributed by atoms with E-state index in [0.717, 1.165) is 6.54 Å². The summed E-state index contributed by atoms with van der Waals surface area (Å²) in [6, 6.07) is 0.480. The maximum absolute atomic E-state index is 11.5. The molecule has 2 rings (SSSR count). The molecule has 23 heavy (non-hydrogen) atoms. The van der Waals surface area contributed by atoms with Gasteiger partial charge in [-0.05, 0) is 38.3 Å². The van der Waals surface area contributed by atoms with Crippen LogP contribution >= 0.6 is 24.0 Å². The molecule has 0 aliphatic carbocycles. The Labute approximate surface area is 157 Å². The molecule has 2 fully saturated rings.